The van der Waals surface area contributed by atoms with Crippen molar-refractivity contribution in [3.05, 3.63) is 35.4 Å². The van der Waals surface area contributed by atoms with Gasteiger partial charge in [0, 0.05) is 0 Å². The van der Waals surface area contributed by atoms with Gasteiger partial charge in [0.25, 0.3) is 0 Å². The second-order valence-electron chi connectivity index (χ2n) is 7.47. The Morgan fingerprint density at radius 3 is 2.30 bits per heavy atom. The third kappa shape index (κ3) is 6.51. The first-order valence-electron chi connectivity index (χ1n) is 9.76. The Hall–Kier alpha value is -1.59. The van der Waals surface area contributed by atoms with Crippen LogP contribution in [-0.2, 0) is 4.74 Å². The molecule has 0 spiro atoms. The molecule has 0 heterocycles. The second kappa shape index (κ2) is 10.1. The van der Waals surface area contributed by atoms with Gasteiger partial charge in [0.1, 0.15) is 0 Å². The van der Waals surface area contributed by atoms with Crippen molar-refractivity contribution < 1.29 is 27.1 Å². The quantitative estimate of drug-likeness (QED) is 0.271. The molecule has 1 aliphatic carbocycles. The number of benzene rings is 1. The van der Waals surface area contributed by atoms with E-state index < -0.39 is 24.9 Å². The van der Waals surface area contributed by atoms with Gasteiger partial charge in [0.05, 0.1) is 5.56 Å². The van der Waals surface area contributed by atoms with Crippen LogP contribution in [0, 0.1) is 5.92 Å². The van der Waals surface area contributed by atoms with Gasteiger partial charge in [-0.05, 0) is 55.2 Å². The van der Waals surface area contributed by atoms with Crippen molar-refractivity contribution in [2.24, 2.45) is 5.92 Å². The fourth-order valence-corrected chi connectivity index (χ4v) is 3.67. The van der Waals surface area contributed by atoms with Crippen LogP contribution in [-0.4, -0.2) is 24.9 Å². The van der Waals surface area contributed by atoms with E-state index in [9.17, 15) is 22.4 Å². The van der Waals surface area contributed by atoms with E-state index in [0.717, 1.165) is 24.3 Å². The Balaban J connectivity index is 1.82. The topological polar surface area (TPSA) is 26.3 Å². The zero-order valence-electron chi connectivity index (χ0n) is 15.7. The molecule has 152 valence electrons. The van der Waals surface area contributed by atoms with Gasteiger partial charge in [-0.25, -0.2) is 13.6 Å². The highest BCUT2D eigenvalue weighted by atomic mass is 19.3. The number of unbranched alkanes of at least 4 members (excludes halogenated alkanes) is 2. The van der Waals surface area contributed by atoms with Crippen LogP contribution in [0.1, 0.15) is 80.1 Å². The molecule has 0 aromatic heterocycles. The zero-order valence-corrected chi connectivity index (χ0v) is 15.7. The van der Waals surface area contributed by atoms with Gasteiger partial charge < -0.3 is 4.74 Å². The lowest BCUT2D eigenvalue weighted by atomic mass is 9.77. The standard InChI is InChI=1S/C21H28F4O2/c1-2-3-4-5-15-6-8-16(9-7-15)17-10-12-18(13-11-17)19(26)27-14-21(24,25)20(22)23/h10-13,15-16,20H,2-9,14H2,1H3/t15-,16-. The van der Waals surface area contributed by atoms with Crippen molar-refractivity contribution in [1.29, 1.82) is 0 Å². The van der Waals surface area contributed by atoms with Crippen LogP contribution < -0.4 is 0 Å². The summed E-state index contributed by atoms with van der Waals surface area (Å²) in [5.41, 5.74) is 1.22. The number of hydrogen-bond acceptors (Lipinski definition) is 2. The minimum Gasteiger partial charge on any atom is -0.455 e. The van der Waals surface area contributed by atoms with Crippen LogP contribution in [0.15, 0.2) is 24.3 Å². The van der Waals surface area contributed by atoms with E-state index in [1.54, 1.807) is 0 Å². The first-order valence-corrected chi connectivity index (χ1v) is 9.76. The van der Waals surface area contributed by atoms with Crippen molar-refractivity contribution in [2.75, 3.05) is 6.61 Å². The number of halogens is 4. The predicted octanol–water partition coefficient (Wildman–Crippen LogP) is 6.60. The third-order valence-electron chi connectivity index (χ3n) is 5.40. The van der Waals surface area contributed by atoms with Crippen molar-refractivity contribution in [3.63, 3.8) is 0 Å². The van der Waals surface area contributed by atoms with Crippen molar-refractivity contribution in [1.82, 2.24) is 0 Å². The Morgan fingerprint density at radius 1 is 1.11 bits per heavy atom. The molecule has 0 radical (unpaired) electrons. The number of rotatable bonds is 9. The number of carbonyl (C=O) groups excluding carboxylic acids is 1. The summed E-state index contributed by atoms with van der Waals surface area (Å²) in [6.45, 7) is 0.591. The van der Waals surface area contributed by atoms with Crippen LogP contribution >= 0.6 is 0 Å². The molecule has 6 heteroatoms. The molecule has 0 bridgehead atoms. The van der Waals surface area contributed by atoms with E-state index in [2.05, 4.69) is 11.7 Å². The minimum atomic E-state index is -4.33. The summed E-state index contributed by atoms with van der Waals surface area (Å²) in [7, 11) is 0. The fourth-order valence-electron chi connectivity index (χ4n) is 3.67. The molecule has 0 N–H and O–H groups in total. The molecule has 0 amide bonds. The molecule has 1 saturated carbocycles. The summed E-state index contributed by atoms with van der Waals surface area (Å²) in [6.07, 6.45) is 5.92. The first-order chi connectivity index (χ1) is 12.8. The molecule has 0 aliphatic heterocycles. The summed E-state index contributed by atoms with van der Waals surface area (Å²) in [5, 5.41) is 0. The maximum atomic E-state index is 12.8. The monoisotopic (exact) mass is 388 g/mol. The van der Waals surface area contributed by atoms with Gasteiger partial charge in [-0.2, -0.15) is 8.78 Å². The average Bonchev–Trinajstić information content (AvgIpc) is 2.67. The number of hydrogen-bond donors (Lipinski definition) is 0. The van der Waals surface area contributed by atoms with Crippen LogP contribution in [0.5, 0.6) is 0 Å². The normalized spacial score (nSPS) is 20.7. The smallest absolute Gasteiger partial charge is 0.340 e. The molecule has 0 atom stereocenters. The number of carbonyl (C=O) groups is 1. The van der Waals surface area contributed by atoms with E-state index in [1.807, 2.05) is 12.1 Å². The molecule has 1 aliphatic rings. The zero-order chi connectivity index (χ0) is 19.9. The van der Waals surface area contributed by atoms with Crippen molar-refractivity contribution >= 4 is 5.97 Å². The van der Waals surface area contributed by atoms with E-state index >= 15 is 0 Å². The van der Waals surface area contributed by atoms with Crippen LogP contribution in [0.2, 0.25) is 0 Å². The van der Waals surface area contributed by atoms with Crippen LogP contribution in [0.25, 0.3) is 0 Å². The molecule has 0 saturated heterocycles. The molecular weight excluding hydrogens is 360 g/mol. The Labute approximate surface area is 158 Å². The number of esters is 1. The summed E-state index contributed by atoms with van der Waals surface area (Å²) in [4.78, 5) is 11.8. The third-order valence-corrected chi connectivity index (χ3v) is 5.40. The Kier molecular flexibility index (Phi) is 8.11. The van der Waals surface area contributed by atoms with Gasteiger partial charge in [-0.1, -0.05) is 44.7 Å². The van der Waals surface area contributed by atoms with Crippen molar-refractivity contribution in [2.45, 2.75) is 76.6 Å². The Morgan fingerprint density at radius 2 is 1.74 bits per heavy atom. The van der Waals surface area contributed by atoms with E-state index in [4.69, 9.17) is 0 Å². The van der Waals surface area contributed by atoms with Gasteiger partial charge in [-0.3, -0.25) is 0 Å². The lowest BCUT2D eigenvalue weighted by Gasteiger charge is -2.29. The minimum absolute atomic E-state index is 0.0945. The maximum absolute atomic E-state index is 12.8. The molecule has 0 unspecified atom stereocenters. The average molecular weight is 388 g/mol. The highest BCUT2D eigenvalue weighted by molar-refractivity contribution is 5.89. The molecule has 2 rings (SSSR count). The molecule has 2 nitrogen and oxygen atoms in total. The summed E-state index contributed by atoms with van der Waals surface area (Å²) >= 11 is 0. The van der Waals surface area contributed by atoms with Crippen LogP contribution in [0.3, 0.4) is 0 Å². The molecule has 1 fully saturated rings. The first kappa shape index (κ1) is 21.7. The number of ether oxygens (including phenoxy) is 1. The number of alkyl halides is 4. The Bertz CT molecular complexity index is 578. The van der Waals surface area contributed by atoms with Gasteiger partial charge in [0.2, 0.25) is 0 Å². The van der Waals surface area contributed by atoms with Crippen LogP contribution in [0.4, 0.5) is 17.6 Å². The molecule has 1 aromatic rings. The summed E-state index contributed by atoms with van der Waals surface area (Å²) in [5.74, 6) is -4.09. The summed E-state index contributed by atoms with van der Waals surface area (Å²) in [6, 6.07) is 6.66. The largest absolute Gasteiger partial charge is 0.455 e. The summed E-state index contributed by atoms with van der Waals surface area (Å²) < 4.78 is 54.2. The lowest BCUT2D eigenvalue weighted by Crippen LogP contribution is -2.33. The highest BCUT2D eigenvalue weighted by Gasteiger charge is 2.42. The van der Waals surface area contributed by atoms with Gasteiger partial charge >= 0.3 is 18.3 Å². The van der Waals surface area contributed by atoms with E-state index in [-0.39, 0.29) is 5.56 Å². The maximum Gasteiger partial charge on any atom is 0.340 e. The molecular formula is C21H28F4O2. The fraction of sp³-hybridized carbons (Fsp3) is 0.667. The SMILES string of the molecule is CCCCC[C@H]1CC[C@H](c2ccc(C(=O)OCC(F)(F)C(F)F)cc2)CC1. The van der Waals surface area contributed by atoms with E-state index in [1.165, 1.54) is 50.7 Å². The van der Waals surface area contributed by atoms with Crippen molar-refractivity contribution in [3.8, 4) is 0 Å². The predicted molar refractivity (Wildman–Crippen MR) is 96.5 cm³/mol. The second-order valence-corrected chi connectivity index (χ2v) is 7.47. The lowest BCUT2D eigenvalue weighted by molar-refractivity contribution is -0.155. The van der Waals surface area contributed by atoms with Gasteiger partial charge in [-0.15, -0.1) is 0 Å². The molecule has 27 heavy (non-hydrogen) atoms. The van der Waals surface area contributed by atoms with Gasteiger partial charge in [0.15, 0.2) is 6.61 Å². The van der Waals surface area contributed by atoms with E-state index in [0.29, 0.717) is 5.92 Å². The molecule has 1 aromatic carbocycles. The highest BCUT2D eigenvalue weighted by Crippen LogP contribution is 2.37.